The van der Waals surface area contributed by atoms with Gasteiger partial charge >= 0.3 is 5.97 Å². The number of fused-ring (bicyclic) bond motifs is 1. The largest absolute Gasteiger partial charge is 0.451 e. The molecule has 2 saturated heterocycles. The highest BCUT2D eigenvalue weighted by Gasteiger charge is 2.69. The predicted molar refractivity (Wildman–Crippen MR) is 121 cm³/mol. The predicted octanol–water partition coefficient (Wildman–Crippen LogP) is 2.53. The van der Waals surface area contributed by atoms with Crippen molar-refractivity contribution < 1.29 is 27.3 Å². The molecule has 174 valence electrons. The van der Waals surface area contributed by atoms with Crippen molar-refractivity contribution in [2.24, 2.45) is 0 Å². The Morgan fingerprint density at radius 1 is 1.15 bits per heavy atom. The van der Waals surface area contributed by atoms with Crippen molar-refractivity contribution in [2.45, 2.75) is 35.6 Å². The number of benzene rings is 2. The van der Waals surface area contributed by atoms with Gasteiger partial charge in [0, 0.05) is 6.08 Å². The summed E-state index contributed by atoms with van der Waals surface area (Å²) in [5, 5.41) is 2.42. The second-order valence-electron chi connectivity index (χ2n) is 8.34. The molecule has 0 unspecified atom stereocenters. The third-order valence-electron chi connectivity index (χ3n) is 6.34. The van der Waals surface area contributed by atoms with Crippen molar-refractivity contribution >= 4 is 27.8 Å². The van der Waals surface area contributed by atoms with Gasteiger partial charge in [0.25, 0.3) is 0 Å². The van der Waals surface area contributed by atoms with Crippen LogP contribution in [0.1, 0.15) is 36.5 Å². The van der Waals surface area contributed by atoms with Crippen LogP contribution < -0.4 is 0 Å². The number of sulfone groups is 1. The number of hydrogen-bond acceptors (Lipinski definition) is 8. The van der Waals surface area contributed by atoms with Crippen molar-refractivity contribution in [3.63, 3.8) is 0 Å². The number of rotatable bonds is 6. The highest BCUT2D eigenvalue weighted by atomic mass is 32.2. The first kappa shape index (κ1) is 22.0. The number of carbonyl (C=O) groups excluding carboxylic acids is 2. The van der Waals surface area contributed by atoms with Gasteiger partial charge in [-0.1, -0.05) is 71.9 Å². The molecular weight excluding hydrogens is 458 g/mol. The number of nitrogens with zero attached hydrogens (tertiary/aromatic N) is 3. The van der Waals surface area contributed by atoms with Crippen LogP contribution in [0.25, 0.3) is 6.08 Å². The second-order valence-corrected chi connectivity index (χ2v) is 10.9. The van der Waals surface area contributed by atoms with E-state index < -0.39 is 44.0 Å². The summed E-state index contributed by atoms with van der Waals surface area (Å²) in [6.07, 6.45) is 2.90. The summed E-state index contributed by atoms with van der Waals surface area (Å²) in [4.78, 5) is 31.1. The maximum absolute atomic E-state index is 13.6. The minimum Gasteiger partial charge on any atom is -0.451 e. The van der Waals surface area contributed by atoms with E-state index in [4.69, 9.17) is 9.26 Å². The van der Waals surface area contributed by atoms with Crippen LogP contribution in [0.15, 0.2) is 77.6 Å². The van der Waals surface area contributed by atoms with Crippen molar-refractivity contribution in [3.05, 3.63) is 90.1 Å². The summed E-state index contributed by atoms with van der Waals surface area (Å²) in [5.41, 5.74) is 1.44. The van der Waals surface area contributed by atoms with E-state index in [-0.39, 0.29) is 12.3 Å². The minimum atomic E-state index is -3.95. The van der Waals surface area contributed by atoms with Crippen molar-refractivity contribution in [2.75, 3.05) is 0 Å². The zero-order valence-electron chi connectivity index (χ0n) is 18.1. The Hall–Kier alpha value is -3.79. The summed E-state index contributed by atoms with van der Waals surface area (Å²) >= 11 is 0. The Bertz CT molecular complexity index is 1300. The first-order valence-corrected chi connectivity index (χ1v) is 12.2. The minimum absolute atomic E-state index is 0.0792. The Morgan fingerprint density at radius 3 is 2.29 bits per heavy atom. The lowest BCUT2D eigenvalue weighted by atomic mass is 9.95. The topological polar surface area (TPSA) is 120 Å². The van der Waals surface area contributed by atoms with Crippen molar-refractivity contribution in [1.82, 2.24) is 15.0 Å². The lowest BCUT2D eigenvalue weighted by Gasteiger charge is -2.36. The maximum Gasteiger partial charge on any atom is 0.331 e. The first-order valence-electron chi connectivity index (χ1n) is 10.6. The zero-order chi connectivity index (χ0) is 23.9. The molecule has 5 rings (SSSR count). The molecular formula is C24H21N3O6S. The molecule has 1 amide bonds. The van der Waals surface area contributed by atoms with Gasteiger partial charge in [0.1, 0.15) is 10.1 Å². The molecule has 0 saturated carbocycles. The van der Waals surface area contributed by atoms with Gasteiger partial charge in [0.15, 0.2) is 28.3 Å². The molecule has 0 radical (unpaired) electrons. The number of esters is 1. The summed E-state index contributed by atoms with van der Waals surface area (Å²) in [7, 11) is -3.95. The fourth-order valence-corrected chi connectivity index (χ4v) is 6.75. The second kappa shape index (κ2) is 8.21. The number of hydrogen-bond donors (Lipinski definition) is 0. The van der Waals surface area contributed by atoms with E-state index in [2.05, 4.69) is 10.1 Å². The summed E-state index contributed by atoms with van der Waals surface area (Å²) in [6.45, 7) is 1.41. The maximum atomic E-state index is 13.6. The quantitative estimate of drug-likeness (QED) is 0.391. The highest BCUT2D eigenvalue weighted by molar-refractivity contribution is 7.94. The van der Waals surface area contributed by atoms with Crippen LogP contribution in [-0.2, 0) is 24.2 Å². The molecule has 3 aromatic rings. The Labute approximate surface area is 196 Å². The lowest BCUT2D eigenvalue weighted by molar-refractivity contribution is -0.163. The van der Waals surface area contributed by atoms with Gasteiger partial charge in [0.2, 0.25) is 11.8 Å². The Kier molecular flexibility index (Phi) is 5.32. The van der Waals surface area contributed by atoms with Crippen LogP contribution >= 0.6 is 0 Å². The van der Waals surface area contributed by atoms with Gasteiger partial charge in [-0.3, -0.25) is 4.79 Å². The van der Waals surface area contributed by atoms with Gasteiger partial charge in [-0.15, -0.1) is 0 Å². The number of carbonyl (C=O) groups is 2. The van der Waals surface area contributed by atoms with Gasteiger partial charge in [-0.05, 0) is 18.1 Å². The van der Waals surface area contributed by atoms with E-state index in [1.165, 1.54) is 25.4 Å². The lowest BCUT2D eigenvalue weighted by Crippen LogP contribution is -2.57. The summed E-state index contributed by atoms with van der Waals surface area (Å²) in [6, 6.07) is 16.9. The average Bonchev–Trinajstić information content (AvgIpc) is 3.41. The van der Waals surface area contributed by atoms with E-state index in [1.54, 1.807) is 0 Å². The van der Waals surface area contributed by atoms with Crippen molar-refractivity contribution in [3.8, 4) is 0 Å². The van der Waals surface area contributed by atoms with Crippen LogP contribution in [0.5, 0.6) is 0 Å². The molecule has 3 atom stereocenters. The van der Waals surface area contributed by atoms with Crippen LogP contribution in [0.4, 0.5) is 0 Å². The number of aromatic nitrogens is 2. The van der Waals surface area contributed by atoms with E-state index >= 15 is 0 Å². The van der Waals surface area contributed by atoms with Gasteiger partial charge < -0.3 is 14.2 Å². The van der Waals surface area contributed by atoms with E-state index in [0.29, 0.717) is 0 Å². The molecule has 2 aromatic carbocycles. The molecule has 0 bridgehead atoms. The third kappa shape index (κ3) is 3.41. The molecule has 0 spiro atoms. The number of β-lactam (4-membered cyclic amide) rings is 1. The van der Waals surface area contributed by atoms with E-state index in [9.17, 15) is 18.0 Å². The smallest absolute Gasteiger partial charge is 0.331 e. The normalized spacial score (nSPS) is 25.4. The third-order valence-corrected chi connectivity index (χ3v) is 9.03. The van der Waals surface area contributed by atoms with Gasteiger partial charge in [0.05, 0.1) is 6.42 Å². The molecule has 0 N–H and O–H groups in total. The highest BCUT2D eigenvalue weighted by Crippen LogP contribution is 2.48. The number of ether oxygens (including phenoxy) is 1. The number of amides is 1. The molecule has 2 aliphatic heterocycles. The summed E-state index contributed by atoms with van der Waals surface area (Å²) in [5.74, 6) is -1.15. The fraction of sp³-hybridized carbons (Fsp3) is 0.250. The van der Waals surface area contributed by atoms with Crippen LogP contribution in [0.2, 0.25) is 0 Å². The fourth-order valence-electron chi connectivity index (χ4n) is 4.49. The average molecular weight is 480 g/mol. The molecule has 34 heavy (non-hydrogen) atoms. The van der Waals surface area contributed by atoms with Crippen LogP contribution in [-0.4, -0.2) is 51.5 Å². The molecule has 2 fully saturated rings. The monoisotopic (exact) mass is 479 g/mol. The van der Waals surface area contributed by atoms with Crippen LogP contribution in [0, 0.1) is 0 Å². The zero-order valence-corrected chi connectivity index (χ0v) is 19.0. The van der Waals surface area contributed by atoms with E-state index in [0.717, 1.165) is 16.0 Å². The molecule has 2 aliphatic rings. The Morgan fingerprint density at radius 2 is 1.76 bits per heavy atom. The molecule has 3 heterocycles. The molecule has 1 aromatic heterocycles. The Balaban J connectivity index is 1.54. The van der Waals surface area contributed by atoms with E-state index in [1.807, 2.05) is 60.7 Å². The molecule has 0 aliphatic carbocycles. The van der Waals surface area contributed by atoms with Crippen molar-refractivity contribution in [1.29, 1.82) is 0 Å². The van der Waals surface area contributed by atoms with Gasteiger partial charge in [-0.2, -0.15) is 4.98 Å². The molecule has 10 heteroatoms. The SMILES string of the molecule is C[C@]1(/C=C/c2ncno2)[C@H](C(=O)OC(c2ccccc2)c2ccccc2)N2C(=O)C[C@H]2S1(=O)=O. The van der Waals surface area contributed by atoms with Crippen LogP contribution in [0.3, 0.4) is 0 Å². The first-order chi connectivity index (χ1) is 16.3. The van der Waals surface area contributed by atoms with Gasteiger partial charge in [-0.25, -0.2) is 13.2 Å². The standard InChI is InChI=1S/C24H21N3O6S/c1-24(13-12-18-25-15-26-33-18)22(27-19(28)14-20(27)34(24,30)31)23(29)32-21(16-8-4-2-5-9-16)17-10-6-3-7-11-17/h2-13,15,20-22H,14H2,1H3/b13-12+/t20-,22+,24+/m1/s1. The molecule has 9 nitrogen and oxygen atoms in total. The summed E-state index contributed by atoms with van der Waals surface area (Å²) < 4.78 is 35.9.